The van der Waals surface area contributed by atoms with E-state index in [0.717, 1.165) is 28.5 Å². The van der Waals surface area contributed by atoms with Gasteiger partial charge in [-0.15, -0.1) is 0 Å². The fourth-order valence-electron chi connectivity index (χ4n) is 4.15. The van der Waals surface area contributed by atoms with Crippen molar-refractivity contribution in [1.29, 1.82) is 0 Å². The number of nitrogens with one attached hydrogen (secondary N) is 1. The summed E-state index contributed by atoms with van der Waals surface area (Å²) in [6.07, 6.45) is 0.155. The Morgan fingerprint density at radius 1 is 0.886 bits per heavy atom. The number of fused-ring (bicyclic) bond motifs is 3. The normalized spacial score (nSPS) is 13.3. The molecule has 0 heterocycles. The van der Waals surface area contributed by atoms with Crippen LogP contribution in [0.1, 0.15) is 35.6 Å². The minimum Gasteiger partial charge on any atom is -0.464 e. The first kappa shape index (κ1) is 24.3. The molecule has 0 radical (unpaired) electrons. The molecular formula is C26H25NO7S. The Morgan fingerprint density at radius 3 is 2.00 bits per heavy atom. The van der Waals surface area contributed by atoms with Crippen molar-refractivity contribution in [3.8, 4) is 16.9 Å². The summed E-state index contributed by atoms with van der Waals surface area (Å²) >= 11 is 0. The van der Waals surface area contributed by atoms with Crippen molar-refractivity contribution in [2.75, 3.05) is 19.5 Å². The lowest BCUT2D eigenvalue weighted by Gasteiger charge is -2.19. The Morgan fingerprint density at radius 2 is 1.46 bits per heavy atom. The van der Waals surface area contributed by atoms with E-state index in [2.05, 4.69) is 5.32 Å². The lowest BCUT2D eigenvalue weighted by atomic mass is 9.98. The van der Waals surface area contributed by atoms with Crippen molar-refractivity contribution in [2.45, 2.75) is 18.9 Å². The van der Waals surface area contributed by atoms with Crippen LogP contribution in [0.5, 0.6) is 5.75 Å². The molecule has 3 aromatic rings. The Labute approximate surface area is 204 Å². The second kappa shape index (κ2) is 10.2. The van der Waals surface area contributed by atoms with Crippen LogP contribution >= 0.6 is 0 Å². The van der Waals surface area contributed by atoms with Crippen LogP contribution in [0.4, 0.5) is 4.79 Å². The molecule has 0 bridgehead atoms. The number of amides is 1. The van der Waals surface area contributed by atoms with Crippen LogP contribution in [0.25, 0.3) is 11.1 Å². The highest BCUT2D eigenvalue weighted by Gasteiger charge is 2.30. The zero-order valence-electron chi connectivity index (χ0n) is 19.3. The number of esters is 1. The van der Waals surface area contributed by atoms with E-state index >= 15 is 0 Å². The number of carbonyl (C=O) groups excluding carboxylic acids is 2. The summed E-state index contributed by atoms with van der Waals surface area (Å²) in [5.74, 6) is -0.709. The van der Waals surface area contributed by atoms with Crippen LogP contribution in [-0.4, -0.2) is 39.9 Å². The van der Waals surface area contributed by atoms with Gasteiger partial charge in [0.1, 0.15) is 12.4 Å². The van der Waals surface area contributed by atoms with Gasteiger partial charge in [-0.3, -0.25) is 0 Å². The third-order valence-corrected chi connectivity index (χ3v) is 6.08. The maximum atomic E-state index is 12.7. The third-order valence-electron chi connectivity index (χ3n) is 5.59. The Kier molecular flexibility index (Phi) is 7.07. The molecule has 4 rings (SSSR count). The van der Waals surface area contributed by atoms with Crippen LogP contribution in [0.2, 0.25) is 0 Å². The second-order valence-corrected chi connectivity index (χ2v) is 9.59. The van der Waals surface area contributed by atoms with E-state index in [9.17, 15) is 18.0 Å². The predicted octanol–water partition coefficient (Wildman–Crippen LogP) is 4.17. The maximum absolute atomic E-state index is 12.7. The van der Waals surface area contributed by atoms with Crippen molar-refractivity contribution < 1.29 is 31.7 Å². The number of rotatable bonds is 8. The first-order chi connectivity index (χ1) is 16.8. The first-order valence-electron chi connectivity index (χ1n) is 11.0. The molecule has 1 amide bonds. The summed E-state index contributed by atoms with van der Waals surface area (Å²) in [5, 5.41) is 2.56. The molecule has 182 valence electrons. The van der Waals surface area contributed by atoms with Crippen LogP contribution in [0.3, 0.4) is 0 Å². The molecule has 0 saturated carbocycles. The summed E-state index contributed by atoms with van der Waals surface area (Å²) in [4.78, 5) is 25.3. The molecular weight excluding hydrogens is 470 g/mol. The summed E-state index contributed by atoms with van der Waals surface area (Å²) in [7, 11) is -3.69. The SMILES string of the molecule is CCOC(=O)C(NC(=O)OCC1c2ccccc2-c2ccccc21)c1ccc(OS(C)(=O)=O)cc1. The zero-order valence-corrected chi connectivity index (χ0v) is 20.1. The number of carbonyl (C=O) groups is 2. The molecule has 0 aromatic heterocycles. The lowest BCUT2D eigenvalue weighted by molar-refractivity contribution is -0.145. The monoisotopic (exact) mass is 495 g/mol. The fourth-order valence-corrected chi connectivity index (χ4v) is 4.61. The van der Waals surface area contributed by atoms with E-state index < -0.39 is 28.2 Å². The van der Waals surface area contributed by atoms with Gasteiger partial charge >= 0.3 is 22.2 Å². The summed E-state index contributed by atoms with van der Waals surface area (Å²) < 4.78 is 38.1. The fraction of sp³-hybridized carbons (Fsp3) is 0.231. The van der Waals surface area contributed by atoms with Gasteiger partial charge in [-0.05, 0) is 46.9 Å². The Hall–Kier alpha value is -3.85. The molecule has 1 aliphatic carbocycles. The molecule has 0 saturated heterocycles. The highest BCUT2D eigenvalue weighted by Crippen LogP contribution is 2.44. The largest absolute Gasteiger partial charge is 0.464 e. The molecule has 3 aromatic carbocycles. The van der Waals surface area contributed by atoms with Gasteiger partial charge in [-0.25, -0.2) is 9.59 Å². The molecule has 8 nitrogen and oxygen atoms in total. The van der Waals surface area contributed by atoms with Crippen molar-refractivity contribution in [1.82, 2.24) is 5.32 Å². The van der Waals surface area contributed by atoms with Crippen LogP contribution in [-0.2, 0) is 24.4 Å². The quantitative estimate of drug-likeness (QED) is 0.369. The highest BCUT2D eigenvalue weighted by atomic mass is 32.2. The average molecular weight is 496 g/mol. The van der Waals surface area contributed by atoms with Crippen molar-refractivity contribution in [3.63, 3.8) is 0 Å². The number of hydrogen-bond donors (Lipinski definition) is 1. The average Bonchev–Trinajstić information content (AvgIpc) is 3.15. The molecule has 1 atom stereocenters. The Bertz CT molecular complexity index is 1290. The van der Waals surface area contributed by atoms with Gasteiger partial charge in [-0.2, -0.15) is 8.42 Å². The van der Waals surface area contributed by atoms with Gasteiger partial charge in [-0.1, -0.05) is 60.7 Å². The van der Waals surface area contributed by atoms with Crippen LogP contribution in [0, 0.1) is 0 Å². The minimum absolute atomic E-state index is 0.0833. The topological polar surface area (TPSA) is 108 Å². The van der Waals surface area contributed by atoms with E-state index in [4.69, 9.17) is 13.7 Å². The molecule has 0 aliphatic heterocycles. The lowest BCUT2D eigenvalue weighted by Crippen LogP contribution is -2.36. The third kappa shape index (κ3) is 5.63. The Balaban J connectivity index is 1.48. The molecule has 1 N–H and O–H groups in total. The molecule has 0 spiro atoms. The number of hydrogen-bond acceptors (Lipinski definition) is 7. The molecule has 35 heavy (non-hydrogen) atoms. The van der Waals surface area contributed by atoms with Crippen LogP contribution in [0.15, 0.2) is 72.8 Å². The molecule has 1 aliphatic rings. The first-order valence-corrected chi connectivity index (χ1v) is 12.9. The smallest absolute Gasteiger partial charge is 0.408 e. The predicted molar refractivity (Wildman–Crippen MR) is 129 cm³/mol. The van der Waals surface area contributed by atoms with Gasteiger partial charge in [0, 0.05) is 5.92 Å². The van der Waals surface area contributed by atoms with Gasteiger partial charge in [0.05, 0.1) is 12.9 Å². The van der Waals surface area contributed by atoms with E-state index in [1.54, 1.807) is 6.92 Å². The van der Waals surface area contributed by atoms with E-state index in [0.29, 0.717) is 5.56 Å². The van der Waals surface area contributed by atoms with Gasteiger partial charge in [0.25, 0.3) is 0 Å². The van der Waals surface area contributed by atoms with E-state index in [-0.39, 0.29) is 24.9 Å². The molecule has 9 heteroatoms. The van der Waals surface area contributed by atoms with Gasteiger partial charge in [0.15, 0.2) is 6.04 Å². The highest BCUT2D eigenvalue weighted by molar-refractivity contribution is 7.86. The number of ether oxygens (including phenoxy) is 2. The van der Waals surface area contributed by atoms with E-state index in [1.165, 1.54) is 24.3 Å². The molecule has 0 fully saturated rings. The van der Waals surface area contributed by atoms with Crippen molar-refractivity contribution in [3.05, 3.63) is 89.5 Å². The van der Waals surface area contributed by atoms with Gasteiger partial charge < -0.3 is 19.0 Å². The zero-order chi connectivity index (χ0) is 25.0. The van der Waals surface area contributed by atoms with Crippen molar-refractivity contribution >= 4 is 22.2 Å². The molecule has 1 unspecified atom stereocenters. The standard InChI is InChI=1S/C26H25NO7S/c1-3-32-25(28)24(17-12-14-18(15-13-17)34-35(2,30)31)27-26(29)33-16-23-21-10-6-4-8-19(21)20-9-5-7-11-22(20)23/h4-15,23-24H,3,16H2,1-2H3,(H,27,29). The minimum atomic E-state index is -3.69. The van der Waals surface area contributed by atoms with Gasteiger partial charge in [0.2, 0.25) is 0 Å². The van der Waals surface area contributed by atoms with Crippen molar-refractivity contribution in [2.24, 2.45) is 0 Å². The number of benzene rings is 3. The van der Waals surface area contributed by atoms with E-state index in [1.807, 2.05) is 48.5 Å². The summed E-state index contributed by atoms with van der Waals surface area (Å²) in [6.45, 7) is 1.87. The van der Waals surface area contributed by atoms with Crippen LogP contribution < -0.4 is 9.50 Å². The maximum Gasteiger partial charge on any atom is 0.408 e. The number of alkyl carbamates (subject to hydrolysis) is 1. The summed E-state index contributed by atoms with van der Waals surface area (Å²) in [6, 6.07) is 20.6. The summed E-state index contributed by atoms with van der Waals surface area (Å²) in [5.41, 5.74) is 4.75. The second-order valence-electron chi connectivity index (χ2n) is 8.01.